The Hall–Kier alpha value is -1.85. The highest BCUT2D eigenvalue weighted by Crippen LogP contribution is 2.24. The molecule has 0 fully saturated rings. The van der Waals surface area contributed by atoms with Crippen LogP contribution in [-0.2, 0) is 6.42 Å². The van der Waals surface area contributed by atoms with Gasteiger partial charge in [0.15, 0.2) is 0 Å². The number of hydrogen-bond acceptors (Lipinski definition) is 5. The third kappa shape index (κ3) is 2.62. The maximum Gasteiger partial charge on any atom is 0.125 e. The van der Waals surface area contributed by atoms with E-state index in [1.165, 1.54) is 4.70 Å². The molecule has 19 heavy (non-hydrogen) atoms. The van der Waals surface area contributed by atoms with Crippen LogP contribution in [0, 0.1) is 6.92 Å². The van der Waals surface area contributed by atoms with Gasteiger partial charge in [-0.15, -0.1) is 11.3 Å². The molecule has 1 unspecified atom stereocenters. The fourth-order valence-corrected chi connectivity index (χ4v) is 3.01. The predicted octanol–water partition coefficient (Wildman–Crippen LogP) is 2.64. The topological polar surface area (TPSA) is 64.7 Å². The molecule has 0 aliphatic rings. The number of aryl methyl sites for hydroxylation is 1. The van der Waals surface area contributed by atoms with Gasteiger partial charge in [0.1, 0.15) is 5.82 Å². The zero-order valence-corrected chi connectivity index (χ0v) is 11.4. The molecule has 0 saturated heterocycles. The zero-order chi connectivity index (χ0) is 13.2. The van der Waals surface area contributed by atoms with Gasteiger partial charge in [-0.25, -0.2) is 15.0 Å². The maximum absolute atomic E-state index is 6.19. The van der Waals surface area contributed by atoms with Gasteiger partial charge in [-0.3, -0.25) is 0 Å². The van der Waals surface area contributed by atoms with E-state index >= 15 is 0 Å². The average molecular weight is 270 g/mol. The van der Waals surface area contributed by atoms with Crippen molar-refractivity contribution in [3.8, 4) is 0 Å². The third-order valence-electron chi connectivity index (χ3n) is 2.91. The summed E-state index contributed by atoms with van der Waals surface area (Å²) in [5, 5.41) is 1.05. The largest absolute Gasteiger partial charge is 0.322 e. The number of benzene rings is 1. The highest BCUT2D eigenvalue weighted by molar-refractivity contribution is 7.18. The van der Waals surface area contributed by atoms with E-state index in [9.17, 15) is 0 Å². The molecule has 2 N–H and O–H groups in total. The number of hydrogen-bond donors (Lipinski definition) is 1. The molecular weight excluding hydrogens is 256 g/mol. The molecule has 0 aliphatic carbocycles. The highest BCUT2D eigenvalue weighted by atomic mass is 32.1. The molecule has 3 rings (SSSR count). The summed E-state index contributed by atoms with van der Waals surface area (Å²) in [6.07, 6.45) is 2.45. The highest BCUT2D eigenvalue weighted by Gasteiger charge is 2.12. The SMILES string of the molecule is Cc1nccc(C(N)Cc2nc3ccccc3s2)n1. The van der Waals surface area contributed by atoms with Crippen molar-refractivity contribution in [3.63, 3.8) is 0 Å². The summed E-state index contributed by atoms with van der Waals surface area (Å²) in [6.45, 7) is 1.87. The van der Waals surface area contributed by atoms with Gasteiger partial charge in [-0.05, 0) is 25.1 Å². The van der Waals surface area contributed by atoms with E-state index in [2.05, 4.69) is 21.0 Å². The van der Waals surface area contributed by atoms with Crippen molar-refractivity contribution in [1.29, 1.82) is 0 Å². The lowest BCUT2D eigenvalue weighted by atomic mass is 10.1. The zero-order valence-electron chi connectivity index (χ0n) is 10.6. The molecule has 0 radical (unpaired) electrons. The van der Waals surface area contributed by atoms with Gasteiger partial charge in [0.2, 0.25) is 0 Å². The fourth-order valence-electron chi connectivity index (χ4n) is 1.98. The summed E-state index contributed by atoms with van der Waals surface area (Å²) in [7, 11) is 0. The van der Waals surface area contributed by atoms with Gasteiger partial charge in [0, 0.05) is 12.6 Å². The van der Waals surface area contributed by atoms with Crippen molar-refractivity contribution in [2.75, 3.05) is 0 Å². The Kier molecular flexibility index (Phi) is 3.23. The van der Waals surface area contributed by atoms with Crippen LogP contribution in [0.3, 0.4) is 0 Å². The molecule has 96 valence electrons. The minimum absolute atomic E-state index is 0.137. The van der Waals surface area contributed by atoms with E-state index in [4.69, 9.17) is 5.73 Å². The fraction of sp³-hybridized carbons (Fsp3) is 0.214. The lowest BCUT2D eigenvalue weighted by molar-refractivity contribution is 0.686. The van der Waals surface area contributed by atoms with Crippen LogP contribution in [0.4, 0.5) is 0 Å². The van der Waals surface area contributed by atoms with E-state index in [1.807, 2.05) is 31.2 Å². The molecule has 4 nitrogen and oxygen atoms in total. The van der Waals surface area contributed by atoms with Crippen LogP contribution in [-0.4, -0.2) is 15.0 Å². The van der Waals surface area contributed by atoms with E-state index in [-0.39, 0.29) is 6.04 Å². The minimum atomic E-state index is -0.137. The summed E-state index contributed by atoms with van der Waals surface area (Å²) in [4.78, 5) is 13.0. The molecular formula is C14H14N4S. The standard InChI is InChI=1S/C14H14N4S/c1-9-16-7-6-11(17-9)10(15)8-14-18-12-4-2-3-5-13(12)19-14/h2-7,10H,8,15H2,1H3. The van der Waals surface area contributed by atoms with Gasteiger partial charge in [0.05, 0.1) is 27.0 Å². The van der Waals surface area contributed by atoms with E-state index in [0.717, 1.165) is 22.0 Å². The molecule has 1 aromatic carbocycles. The molecule has 0 aliphatic heterocycles. The van der Waals surface area contributed by atoms with Gasteiger partial charge in [-0.1, -0.05) is 12.1 Å². The Morgan fingerprint density at radius 1 is 1.21 bits per heavy atom. The second kappa shape index (κ2) is 5.03. The Bertz CT molecular complexity index is 674. The summed E-state index contributed by atoms with van der Waals surface area (Å²) < 4.78 is 1.20. The first-order valence-electron chi connectivity index (χ1n) is 6.12. The molecule has 0 amide bonds. The Labute approximate surface area is 115 Å². The Balaban J connectivity index is 1.84. The van der Waals surface area contributed by atoms with E-state index in [0.29, 0.717) is 6.42 Å². The maximum atomic E-state index is 6.19. The number of para-hydroxylation sites is 1. The van der Waals surface area contributed by atoms with Gasteiger partial charge >= 0.3 is 0 Å². The molecule has 1 atom stereocenters. The molecule has 0 saturated carbocycles. The van der Waals surface area contributed by atoms with Crippen molar-refractivity contribution in [2.24, 2.45) is 5.73 Å². The van der Waals surface area contributed by atoms with Crippen LogP contribution in [0.25, 0.3) is 10.2 Å². The third-order valence-corrected chi connectivity index (χ3v) is 3.97. The first-order chi connectivity index (χ1) is 9.22. The Morgan fingerprint density at radius 2 is 2.05 bits per heavy atom. The van der Waals surface area contributed by atoms with Crippen LogP contribution in [0.5, 0.6) is 0 Å². The van der Waals surface area contributed by atoms with E-state index < -0.39 is 0 Å². The van der Waals surface area contributed by atoms with Crippen molar-refractivity contribution in [3.05, 3.63) is 53.1 Å². The molecule has 0 spiro atoms. The number of nitrogens with two attached hydrogens (primary N) is 1. The second-order valence-corrected chi connectivity index (χ2v) is 5.53. The summed E-state index contributed by atoms with van der Waals surface area (Å²) in [6, 6.07) is 9.86. The number of nitrogens with zero attached hydrogens (tertiary/aromatic N) is 3. The smallest absolute Gasteiger partial charge is 0.125 e. The van der Waals surface area contributed by atoms with Crippen molar-refractivity contribution in [2.45, 2.75) is 19.4 Å². The van der Waals surface area contributed by atoms with E-state index in [1.54, 1.807) is 17.5 Å². The molecule has 0 bridgehead atoms. The molecule has 5 heteroatoms. The number of fused-ring (bicyclic) bond motifs is 1. The average Bonchev–Trinajstić information content (AvgIpc) is 2.80. The van der Waals surface area contributed by atoms with Crippen molar-refractivity contribution < 1.29 is 0 Å². The monoisotopic (exact) mass is 270 g/mol. The van der Waals surface area contributed by atoms with Crippen LogP contribution < -0.4 is 5.73 Å². The van der Waals surface area contributed by atoms with Gasteiger partial charge in [0.25, 0.3) is 0 Å². The minimum Gasteiger partial charge on any atom is -0.322 e. The van der Waals surface area contributed by atoms with Crippen LogP contribution >= 0.6 is 11.3 Å². The normalized spacial score (nSPS) is 12.7. The van der Waals surface area contributed by atoms with Crippen molar-refractivity contribution >= 4 is 21.6 Å². The number of thiazole rings is 1. The predicted molar refractivity (Wildman–Crippen MR) is 77.0 cm³/mol. The van der Waals surface area contributed by atoms with Gasteiger partial charge < -0.3 is 5.73 Å². The number of aromatic nitrogens is 3. The van der Waals surface area contributed by atoms with Crippen LogP contribution in [0.2, 0.25) is 0 Å². The lowest BCUT2D eigenvalue weighted by Crippen LogP contribution is -2.15. The molecule has 3 aromatic rings. The quantitative estimate of drug-likeness (QED) is 0.794. The molecule has 2 heterocycles. The lowest BCUT2D eigenvalue weighted by Gasteiger charge is -2.09. The van der Waals surface area contributed by atoms with Gasteiger partial charge in [-0.2, -0.15) is 0 Å². The van der Waals surface area contributed by atoms with Crippen molar-refractivity contribution in [1.82, 2.24) is 15.0 Å². The first-order valence-corrected chi connectivity index (χ1v) is 6.93. The van der Waals surface area contributed by atoms with Crippen LogP contribution in [0.15, 0.2) is 36.5 Å². The second-order valence-electron chi connectivity index (χ2n) is 4.41. The summed E-state index contributed by atoms with van der Waals surface area (Å²) >= 11 is 1.69. The van der Waals surface area contributed by atoms with Crippen LogP contribution in [0.1, 0.15) is 22.6 Å². The summed E-state index contributed by atoms with van der Waals surface area (Å²) in [5.41, 5.74) is 8.10. The summed E-state index contributed by atoms with van der Waals surface area (Å²) in [5.74, 6) is 0.747. The number of rotatable bonds is 3. The Morgan fingerprint density at radius 3 is 2.84 bits per heavy atom. The molecule has 2 aromatic heterocycles. The first kappa shape index (κ1) is 12.2.